The van der Waals surface area contributed by atoms with E-state index in [2.05, 4.69) is 34.0 Å². The van der Waals surface area contributed by atoms with Crippen LogP contribution in [0.2, 0.25) is 0 Å². The first-order valence-corrected chi connectivity index (χ1v) is 9.06. The van der Waals surface area contributed by atoms with Crippen molar-refractivity contribution in [3.63, 3.8) is 0 Å². The summed E-state index contributed by atoms with van der Waals surface area (Å²) in [5.41, 5.74) is 0. The third-order valence-corrected chi connectivity index (χ3v) is 4.64. The normalized spacial score (nSPS) is 24.9. The third kappa shape index (κ3) is 6.28. The largest absolute Gasteiger partial charge is 0.381 e. The number of nitrogens with zero attached hydrogens (tertiary/aromatic N) is 3. The quantitative estimate of drug-likeness (QED) is 0.556. The lowest BCUT2D eigenvalue weighted by Gasteiger charge is -2.30. The van der Waals surface area contributed by atoms with Crippen LogP contribution in [0, 0.1) is 11.8 Å². The van der Waals surface area contributed by atoms with Gasteiger partial charge >= 0.3 is 0 Å². The highest BCUT2D eigenvalue weighted by Crippen LogP contribution is 2.16. The van der Waals surface area contributed by atoms with Crippen molar-refractivity contribution in [3.05, 3.63) is 0 Å². The van der Waals surface area contributed by atoms with Crippen LogP contribution in [0.3, 0.4) is 0 Å². The highest BCUT2D eigenvalue weighted by Gasteiger charge is 2.25. The summed E-state index contributed by atoms with van der Waals surface area (Å²) in [6.45, 7) is 14.1. The minimum absolute atomic E-state index is 0.603. The Labute approximate surface area is 141 Å². The molecule has 0 aromatic heterocycles. The van der Waals surface area contributed by atoms with E-state index in [0.29, 0.717) is 11.8 Å². The molecule has 6 nitrogen and oxygen atoms in total. The lowest BCUT2D eigenvalue weighted by molar-refractivity contribution is 0.0320. The fourth-order valence-corrected chi connectivity index (χ4v) is 3.33. The maximum Gasteiger partial charge on any atom is 0.193 e. The summed E-state index contributed by atoms with van der Waals surface area (Å²) in [7, 11) is 1.88. The minimum atomic E-state index is 0.603. The number of likely N-dealkylation sites (tertiary alicyclic amines) is 1. The second-order valence-electron chi connectivity index (χ2n) is 6.71. The SMILES string of the molecule is CCOCC1CCN(C(=NC)NCC(C)CN2CCOCC2)C1. The first-order chi connectivity index (χ1) is 11.2. The van der Waals surface area contributed by atoms with Gasteiger partial charge in [-0.25, -0.2) is 0 Å². The molecule has 2 atom stereocenters. The van der Waals surface area contributed by atoms with Crippen LogP contribution in [0.25, 0.3) is 0 Å². The van der Waals surface area contributed by atoms with Gasteiger partial charge in [-0.15, -0.1) is 0 Å². The van der Waals surface area contributed by atoms with Gasteiger partial charge in [0.2, 0.25) is 0 Å². The first kappa shape index (κ1) is 18.5. The van der Waals surface area contributed by atoms with Gasteiger partial charge in [0.05, 0.1) is 19.8 Å². The zero-order valence-corrected chi connectivity index (χ0v) is 15.1. The Bertz CT molecular complexity index is 359. The summed E-state index contributed by atoms with van der Waals surface area (Å²) < 4.78 is 11.0. The molecule has 0 amide bonds. The van der Waals surface area contributed by atoms with Crippen LogP contribution in [0.15, 0.2) is 4.99 Å². The molecule has 0 aromatic rings. The van der Waals surface area contributed by atoms with Crippen LogP contribution in [0.5, 0.6) is 0 Å². The predicted molar refractivity (Wildman–Crippen MR) is 94.0 cm³/mol. The van der Waals surface area contributed by atoms with Gasteiger partial charge in [-0.2, -0.15) is 0 Å². The van der Waals surface area contributed by atoms with Crippen molar-refractivity contribution in [1.29, 1.82) is 0 Å². The number of hydrogen-bond acceptors (Lipinski definition) is 4. The molecule has 6 heteroatoms. The van der Waals surface area contributed by atoms with Crippen molar-refractivity contribution in [2.45, 2.75) is 20.3 Å². The molecule has 0 aliphatic carbocycles. The Kier molecular flexibility index (Phi) is 8.12. The van der Waals surface area contributed by atoms with E-state index in [1.54, 1.807) is 0 Å². The molecule has 2 fully saturated rings. The first-order valence-electron chi connectivity index (χ1n) is 9.06. The Morgan fingerprint density at radius 1 is 1.35 bits per heavy atom. The van der Waals surface area contributed by atoms with Crippen LogP contribution >= 0.6 is 0 Å². The van der Waals surface area contributed by atoms with Gasteiger partial charge in [0.1, 0.15) is 0 Å². The molecule has 0 aromatic carbocycles. The van der Waals surface area contributed by atoms with Gasteiger partial charge in [-0.3, -0.25) is 9.89 Å². The van der Waals surface area contributed by atoms with Gasteiger partial charge in [-0.1, -0.05) is 6.92 Å². The summed E-state index contributed by atoms with van der Waals surface area (Å²) in [4.78, 5) is 9.32. The molecule has 0 saturated carbocycles. The van der Waals surface area contributed by atoms with Crippen molar-refractivity contribution in [1.82, 2.24) is 15.1 Å². The van der Waals surface area contributed by atoms with Crippen LogP contribution in [0.1, 0.15) is 20.3 Å². The van der Waals surface area contributed by atoms with E-state index in [-0.39, 0.29) is 0 Å². The number of ether oxygens (including phenoxy) is 2. The van der Waals surface area contributed by atoms with Crippen LogP contribution in [0.4, 0.5) is 0 Å². The number of morpholine rings is 1. The standard InChI is InChI=1S/C17H34N4O2/c1-4-22-14-16-5-6-21(13-16)17(18-3)19-11-15(2)12-20-7-9-23-10-8-20/h15-16H,4-14H2,1-3H3,(H,18,19). The van der Waals surface area contributed by atoms with E-state index in [1.807, 2.05) is 7.05 Å². The molecule has 2 aliphatic heterocycles. The third-order valence-electron chi connectivity index (χ3n) is 4.64. The number of nitrogens with one attached hydrogen (secondary N) is 1. The number of guanidine groups is 1. The van der Waals surface area contributed by atoms with Crippen molar-refractivity contribution in [2.24, 2.45) is 16.8 Å². The van der Waals surface area contributed by atoms with E-state index in [9.17, 15) is 0 Å². The second kappa shape index (κ2) is 10.1. The summed E-state index contributed by atoms with van der Waals surface area (Å²) in [5.74, 6) is 2.28. The Morgan fingerprint density at radius 3 is 2.83 bits per heavy atom. The maximum absolute atomic E-state index is 5.56. The van der Waals surface area contributed by atoms with Crippen molar-refractivity contribution >= 4 is 5.96 Å². The Balaban J connectivity index is 1.68. The molecule has 2 rings (SSSR count). The number of hydrogen-bond donors (Lipinski definition) is 1. The molecule has 1 N–H and O–H groups in total. The molecule has 2 aliphatic rings. The van der Waals surface area contributed by atoms with Gasteiger partial charge in [0.15, 0.2) is 5.96 Å². The van der Waals surface area contributed by atoms with E-state index in [4.69, 9.17) is 9.47 Å². The van der Waals surface area contributed by atoms with E-state index >= 15 is 0 Å². The van der Waals surface area contributed by atoms with Gasteiger partial charge in [0, 0.05) is 58.8 Å². The lowest BCUT2D eigenvalue weighted by Crippen LogP contribution is -2.45. The van der Waals surface area contributed by atoms with Gasteiger partial charge in [0.25, 0.3) is 0 Å². The molecular formula is C17H34N4O2. The molecule has 134 valence electrons. The molecule has 2 heterocycles. The van der Waals surface area contributed by atoms with E-state index < -0.39 is 0 Å². The Hall–Kier alpha value is -0.850. The monoisotopic (exact) mass is 326 g/mol. The molecule has 0 bridgehead atoms. The summed E-state index contributed by atoms with van der Waals surface area (Å²) in [6.07, 6.45) is 1.20. The topological polar surface area (TPSA) is 49.3 Å². The molecule has 0 radical (unpaired) electrons. The average Bonchev–Trinajstić information content (AvgIpc) is 3.03. The van der Waals surface area contributed by atoms with Crippen molar-refractivity contribution < 1.29 is 9.47 Å². The summed E-state index contributed by atoms with van der Waals surface area (Å²) in [6, 6.07) is 0. The molecular weight excluding hydrogens is 292 g/mol. The summed E-state index contributed by atoms with van der Waals surface area (Å²) in [5, 5.41) is 3.55. The number of rotatable bonds is 7. The zero-order chi connectivity index (χ0) is 16.5. The van der Waals surface area contributed by atoms with Crippen molar-refractivity contribution in [2.75, 3.05) is 72.7 Å². The minimum Gasteiger partial charge on any atom is -0.381 e. The van der Waals surface area contributed by atoms with Crippen molar-refractivity contribution in [3.8, 4) is 0 Å². The van der Waals surface area contributed by atoms with Crippen LogP contribution < -0.4 is 5.32 Å². The zero-order valence-electron chi connectivity index (χ0n) is 15.1. The molecule has 2 unspecified atom stereocenters. The Morgan fingerprint density at radius 2 is 2.13 bits per heavy atom. The van der Waals surface area contributed by atoms with E-state index in [0.717, 1.165) is 71.7 Å². The molecule has 0 spiro atoms. The van der Waals surface area contributed by atoms with Crippen LogP contribution in [-0.4, -0.2) is 88.5 Å². The van der Waals surface area contributed by atoms with Gasteiger partial charge < -0.3 is 19.7 Å². The second-order valence-corrected chi connectivity index (χ2v) is 6.71. The maximum atomic E-state index is 5.56. The van der Waals surface area contributed by atoms with Crippen LogP contribution in [-0.2, 0) is 9.47 Å². The predicted octanol–water partition coefficient (Wildman–Crippen LogP) is 0.889. The molecule has 23 heavy (non-hydrogen) atoms. The fraction of sp³-hybridized carbons (Fsp3) is 0.941. The van der Waals surface area contributed by atoms with E-state index in [1.165, 1.54) is 6.42 Å². The summed E-state index contributed by atoms with van der Waals surface area (Å²) >= 11 is 0. The average molecular weight is 326 g/mol. The highest BCUT2D eigenvalue weighted by atomic mass is 16.5. The molecule has 2 saturated heterocycles. The van der Waals surface area contributed by atoms with Gasteiger partial charge in [-0.05, 0) is 19.3 Å². The fourth-order valence-electron chi connectivity index (χ4n) is 3.33. The number of aliphatic imine (C=N–C) groups is 1. The smallest absolute Gasteiger partial charge is 0.193 e. The lowest BCUT2D eigenvalue weighted by atomic mass is 10.1. The highest BCUT2D eigenvalue weighted by molar-refractivity contribution is 5.80.